The highest BCUT2D eigenvalue weighted by Crippen LogP contribution is 2.33. The molecule has 1 saturated heterocycles. The molecule has 7 heteroatoms. The molecule has 1 aromatic heterocycles. The number of carbonyl (C=O) groups is 3. The second kappa shape index (κ2) is 5.47. The number of ether oxygens (including phenoxy) is 1. The number of hydrogen-bond acceptors (Lipinski definition) is 4. The van der Waals surface area contributed by atoms with E-state index in [0.717, 1.165) is 18.5 Å². The number of likely N-dealkylation sites (tertiary alicyclic amines) is 1. The lowest BCUT2D eigenvalue weighted by Crippen LogP contribution is -2.30. The van der Waals surface area contributed by atoms with E-state index in [4.69, 9.17) is 0 Å². The highest BCUT2D eigenvalue weighted by molar-refractivity contribution is 6.02. The van der Waals surface area contributed by atoms with Gasteiger partial charge in [-0.25, -0.2) is 4.79 Å². The molecule has 22 heavy (non-hydrogen) atoms. The van der Waals surface area contributed by atoms with Gasteiger partial charge in [0.1, 0.15) is 5.69 Å². The van der Waals surface area contributed by atoms with Gasteiger partial charge in [-0.3, -0.25) is 9.59 Å². The molecule has 1 unspecified atom stereocenters. The molecule has 0 aromatic carbocycles. The number of H-pyrrole nitrogens is 1. The van der Waals surface area contributed by atoms with Crippen molar-refractivity contribution in [2.75, 3.05) is 19.0 Å². The van der Waals surface area contributed by atoms with Gasteiger partial charge in [0.2, 0.25) is 11.8 Å². The number of hydrogen-bond donors (Lipinski definition) is 2. The molecular weight excluding hydrogens is 286 g/mol. The van der Waals surface area contributed by atoms with Crippen molar-refractivity contribution < 1.29 is 19.1 Å². The van der Waals surface area contributed by atoms with E-state index in [9.17, 15) is 14.4 Å². The first-order valence-corrected chi connectivity index (χ1v) is 7.38. The minimum absolute atomic E-state index is 0.0427. The van der Waals surface area contributed by atoms with Gasteiger partial charge >= 0.3 is 5.97 Å². The molecule has 7 nitrogen and oxygen atoms in total. The summed E-state index contributed by atoms with van der Waals surface area (Å²) in [6, 6.07) is 2.00. The zero-order valence-corrected chi connectivity index (χ0v) is 12.6. The highest BCUT2D eigenvalue weighted by Gasteiger charge is 2.41. The Hall–Kier alpha value is -2.31. The van der Waals surface area contributed by atoms with E-state index >= 15 is 0 Å². The summed E-state index contributed by atoms with van der Waals surface area (Å²) in [6.45, 7) is 2.25. The molecule has 0 radical (unpaired) electrons. The Balaban J connectivity index is 1.69. The Kier molecular flexibility index (Phi) is 3.64. The van der Waals surface area contributed by atoms with Crippen LogP contribution in [-0.4, -0.2) is 47.4 Å². The summed E-state index contributed by atoms with van der Waals surface area (Å²) in [4.78, 5) is 40.6. The molecule has 2 amide bonds. The topological polar surface area (TPSA) is 91.5 Å². The molecule has 3 rings (SSSR count). The van der Waals surface area contributed by atoms with Crippen LogP contribution in [0.25, 0.3) is 0 Å². The number of aromatic amines is 1. The first-order valence-electron chi connectivity index (χ1n) is 7.38. The van der Waals surface area contributed by atoms with Crippen LogP contribution in [0.3, 0.4) is 0 Å². The van der Waals surface area contributed by atoms with Crippen molar-refractivity contribution in [3.05, 3.63) is 17.5 Å². The summed E-state index contributed by atoms with van der Waals surface area (Å²) < 4.78 is 4.69. The number of aromatic nitrogens is 1. The van der Waals surface area contributed by atoms with Gasteiger partial charge in [-0.05, 0) is 25.8 Å². The summed E-state index contributed by atoms with van der Waals surface area (Å²) in [5.41, 5.74) is 1.36. The number of aryl methyl sites for hydroxylation is 1. The monoisotopic (exact) mass is 305 g/mol. The smallest absolute Gasteiger partial charge is 0.356 e. The first kappa shape index (κ1) is 14.6. The minimum atomic E-state index is -0.537. The van der Waals surface area contributed by atoms with Crippen LogP contribution in [0.15, 0.2) is 6.07 Å². The van der Waals surface area contributed by atoms with E-state index in [-0.39, 0.29) is 29.8 Å². The number of rotatable bonds is 4. The van der Waals surface area contributed by atoms with Crippen molar-refractivity contribution in [2.24, 2.45) is 5.92 Å². The number of carbonyl (C=O) groups excluding carboxylic acids is 3. The Morgan fingerprint density at radius 2 is 2.14 bits per heavy atom. The van der Waals surface area contributed by atoms with Crippen LogP contribution in [0, 0.1) is 12.8 Å². The second-order valence-electron chi connectivity index (χ2n) is 5.90. The maximum atomic E-state index is 12.4. The fourth-order valence-corrected chi connectivity index (χ4v) is 2.83. The van der Waals surface area contributed by atoms with Crippen LogP contribution in [0.1, 0.15) is 35.4 Å². The van der Waals surface area contributed by atoms with Gasteiger partial charge in [0.05, 0.1) is 18.7 Å². The fraction of sp³-hybridized carbons (Fsp3) is 0.533. The van der Waals surface area contributed by atoms with Crippen molar-refractivity contribution in [3.63, 3.8) is 0 Å². The van der Waals surface area contributed by atoms with Crippen LogP contribution in [0.4, 0.5) is 5.69 Å². The van der Waals surface area contributed by atoms with Gasteiger partial charge in [0.25, 0.3) is 0 Å². The molecule has 1 aliphatic carbocycles. The summed E-state index contributed by atoms with van der Waals surface area (Å²) in [7, 11) is 1.28. The number of methoxy groups -OCH3 is 1. The van der Waals surface area contributed by atoms with Gasteiger partial charge in [-0.15, -0.1) is 0 Å². The van der Waals surface area contributed by atoms with Crippen LogP contribution in [0.5, 0.6) is 0 Å². The van der Waals surface area contributed by atoms with Gasteiger partial charge in [-0.1, -0.05) is 0 Å². The second-order valence-corrected chi connectivity index (χ2v) is 5.90. The molecule has 118 valence electrons. The van der Waals surface area contributed by atoms with Gasteiger partial charge in [0.15, 0.2) is 0 Å². The predicted molar refractivity (Wildman–Crippen MR) is 78.3 cm³/mol. The van der Waals surface area contributed by atoms with E-state index in [1.165, 1.54) is 7.11 Å². The quantitative estimate of drug-likeness (QED) is 0.814. The van der Waals surface area contributed by atoms with Crippen LogP contribution < -0.4 is 5.32 Å². The molecule has 2 heterocycles. The van der Waals surface area contributed by atoms with Crippen molar-refractivity contribution in [1.82, 2.24) is 9.88 Å². The van der Waals surface area contributed by atoms with Gasteiger partial charge < -0.3 is 19.9 Å². The van der Waals surface area contributed by atoms with Crippen LogP contribution in [-0.2, 0) is 14.3 Å². The summed E-state index contributed by atoms with van der Waals surface area (Å²) in [5.74, 6) is -1.10. The van der Waals surface area contributed by atoms with Crippen molar-refractivity contribution >= 4 is 23.5 Å². The average molecular weight is 305 g/mol. The van der Waals surface area contributed by atoms with Crippen molar-refractivity contribution in [1.29, 1.82) is 0 Å². The molecule has 2 aliphatic rings. The maximum Gasteiger partial charge on any atom is 0.356 e. The summed E-state index contributed by atoms with van der Waals surface area (Å²) in [5, 5.41) is 2.74. The summed E-state index contributed by atoms with van der Waals surface area (Å²) >= 11 is 0. The van der Waals surface area contributed by atoms with E-state index in [0.29, 0.717) is 18.3 Å². The summed E-state index contributed by atoms with van der Waals surface area (Å²) in [6.07, 6.45) is 2.30. The van der Waals surface area contributed by atoms with E-state index < -0.39 is 5.97 Å². The van der Waals surface area contributed by atoms with Crippen molar-refractivity contribution in [3.8, 4) is 0 Å². The molecule has 2 N–H and O–H groups in total. The third kappa shape index (κ3) is 2.70. The van der Waals surface area contributed by atoms with E-state index in [1.807, 2.05) is 0 Å². The lowest BCUT2D eigenvalue weighted by Gasteiger charge is -2.15. The Bertz CT molecular complexity index is 633. The molecule has 0 spiro atoms. The fourth-order valence-electron chi connectivity index (χ4n) is 2.83. The Morgan fingerprint density at radius 1 is 1.41 bits per heavy atom. The third-order valence-corrected chi connectivity index (χ3v) is 4.12. The third-order valence-electron chi connectivity index (χ3n) is 4.12. The zero-order valence-electron chi connectivity index (χ0n) is 12.6. The van der Waals surface area contributed by atoms with Crippen molar-refractivity contribution in [2.45, 2.75) is 32.2 Å². The molecule has 1 aliphatic heterocycles. The standard InChI is InChI=1S/C15H19N3O4/c1-8-5-11(13(16-8)15(21)22-2)17-14(20)9-6-12(19)18(7-9)10-3-4-10/h5,9-10,16H,3-4,6-7H2,1-2H3,(H,17,20). The lowest BCUT2D eigenvalue weighted by atomic mass is 10.1. The normalized spacial score (nSPS) is 21.1. The highest BCUT2D eigenvalue weighted by atomic mass is 16.5. The molecule has 1 aromatic rings. The maximum absolute atomic E-state index is 12.4. The van der Waals surface area contributed by atoms with E-state index in [1.54, 1.807) is 17.9 Å². The minimum Gasteiger partial charge on any atom is -0.464 e. The SMILES string of the molecule is COC(=O)c1[nH]c(C)cc1NC(=O)C1CC(=O)N(C2CC2)C1. The Morgan fingerprint density at radius 3 is 2.77 bits per heavy atom. The number of esters is 1. The first-order chi connectivity index (χ1) is 10.5. The molecule has 0 bridgehead atoms. The average Bonchev–Trinajstić information content (AvgIpc) is 3.16. The number of nitrogens with zero attached hydrogens (tertiary/aromatic N) is 1. The largest absolute Gasteiger partial charge is 0.464 e. The molecule has 1 atom stereocenters. The predicted octanol–water partition coefficient (Wildman–Crippen LogP) is 1.06. The molecule has 1 saturated carbocycles. The molecule has 2 fully saturated rings. The Labute approximate surface area is 128 Å². The lowest BCUT2D eigenvalue weighted by molar-refractivity contribution is -0.128. The number of amides is 2. The number of anilines is 1. The van der Waals surface area contributed by atoms with Crippen LogP contribution >= 0.6 is 0 Å². The van der Waals surface area contributed by atoms with Gasteiger partial charge in [-0.2, -0.15) is 0 Å². The van der Waals surface area contributed by atoms with Gasteiger partial charge in [0, 0.05) is 24.7 Å². The number of nitrogens with one attached hydrogen (secondary N) is 2. The zero-order chi connectivity index (χ0) is 15.9. The molecular formula is C15H19N3O4. The van der Waals surface area contributed by atoms with E-state index in [2.05, 4.69) is 15.0 Å². The van der Waals surface area contributed by atoms with Crippen LogP contribution in [0.2, 0.25) is 0 Å².